The fourth-order valence-corrected chi connectivity index (χ4v) is 6.77. The third kappa shape index (κ3) is 7.68. The molecule has 0 spiro atoms. The van der Waals surface area contributed by atoms with Gasteiger partial charge in [0.05, 0.1) is 5.52 Å². The van der Waals surface area contributed by atoms with Crippen LogP contribution in [-0.2, 0) is 20.1 Å². The van der Waals surface area contributed by atoms with Gasteiger partial charge >= 0.3 is 0 Å². The van der Waals surface area contributed by atoms with E-state index in [0.29, 0.717) is 0 Å². The van der Waals surface area contributed by atoms with E-state index in [0.717, 1.165) is 28.0 Å². The van der Waals surface area contributed by atoms with E-state index in [-0.39, 0.29) is 20.1 Å². The molecule has 4 heteroatoms. The van der Waals surface area contributed by atoms with Crippen molar-refractivity contribution in [2.24, 2.45) is 0 Å². The number of hydrogen-bond donors (Lipinski definition) is 0. The molecular weight excluding hydrogens is 835 g/mol. The molecule has 3 heterocycles. The molecule has 0 aliphatic rings. The SMILES string of the molecule is Cc1cnc(-c2[c-]cc(C)c(-c3cc(-c4ccccc4)cc(-c4cc5ncccc5c5ccccc45)c3)c2)cc1C.[Ir].[c-]1ccccc1-c1ccccn1. The van der Waals surface area contributed by atoms with E-state index in [1.807, 2.05) is 60.9 Å². The van der Waals surface area contributed by atoms with E-state index in [2.05, 4.69) is 141 Å². The van der Waals surface area contributed by atoms with Crippen LogP contribution in [0.2, 0.25) is 0 Å². The molecule has 0 saturated carbocycles. The Bertz CT molecular complexity index is 2650. The molecule has 0 aliphatic carbocycles. The van der Waals surface area contributed by atoms with Crippen LogP contribution < -0.4 is 0 Å². The van der Waals surface area contributed by atoms with E-state index < -0.39 is 0 Å². The molecule has 3 nitrogen and oxygen atoms in total. The maximum absolute atomic E-state index is 4.74. The number of aryl methyl sites for hydroxylation is 3. The molecule has 263 valence electrons. The molecule has 0 bridgehead atoms. The van der Waals surface area contributed by atoms with Crippen molar-refractivity contribution in [3.63, 3.8) is 0 Å². The molecule has 0 saturated heterocycles. The van der Waals surface area contributed by atoms with Gasteiger partial charge in [0.15, 0.2) is 0 Å². The van der Waals surface area contributed by atoms with Gasteiger partial charge in [-0.3, -0.25) is 4.98 Å². The quantitative estimate of drug-likeness (QED) is 0.128. The fraction of sp³-hybridized carbons (Fsp3) is 0.0600. The van der Waals surface area contributed by atoms with Gasteiger partial charge in [-0.15, -0.1) is 65.2 Å². The van der Waals surface area contributed by atoms with E-state index >= 15 is 0 Å². The Balaban J connectivity index is 0.000000294. The van der Waals surface area contributed by atoms with Gasteiger partial charge < -0.3 is 9.97 Å². The van der Waals surface area contributed by atoms with Gasteiger partial charge in [-0.2, -0.15) is 0 Å². The van der Waals surface area contributed by atoms with Crippen LogP contribution in [0.25, 0.3) is 77.6 Å². The van der Waals surface area contributed by atoms with Crippen molar-refractivity contribution in [1.29, 1.82) is 0 Å². The second-order valence-corrected chi connectivity index (χ2v) is 13.3. The molecule has 0 fully saturated rings. The minimum atomic E-state index is 0. The third-order valence-electron chi connectivity index (χ3n) is 9.75. The van der Waals surface area contributed by atoms with Gasteiger partial charge in [0.1, 0.15) is 0 Å². The largest absolute Gasteiger partial charge is 0.305 e. The van der Waals surface area contributed by atoms with E-state index in [1.165, 1.54) is 66.2 Å². The first-order chi connectivity index (χ1) is 26.0. The van der Waals surface area contributed by atoms with Gasteiger partial charge in [-0.1, -0.05) is 96.9 Å². The van der Waals surface area contributed by atoms with Crippen LogP contribution in [0.15, 0.2) is 170 Å². The number of fused-ring (bicyclic) bond motifs is 3. The number of hydrogen-bond acceptors (Lipinski definition) is 3. The van der Waals surface area contributed by atoms with Crippen LogP contribution in [0.5, 0.6) is 0 Å². The first-order valence-electron chi connectivity index (χ1n) is 17.8. The van der Waals surface area contributed by atoms with Crippen molar-refractivity contribution in [2.75, 3.05) is 0 Å². The van der Waals surface area contributed by atoms with Crippen LogP contribution in [0.1, 0.15) is 16.7 Å². The smallest absolute Gasteiger partial charge is 0.0714 e. The molecule has 54 heavy (non-hydrogen) atoms. The Morgan fingerprint density at radius 3 is 1.89 bits per heavy atom. The zero-order valence-corrected chi connectivity index (χ0v) is 32.7. The summed E-state index contributed by atoms with van der Waals surface area (Å²) in [5, 5.41) is 3.61. The summed E-state index contributed by atoms with van der Waals surface area (Å²) in [4.78, 5) is 13.7. The van der Waals surface area contributed by atoms with Crippen LogP contribution in [0.3, 0.4) is 0 Å². The van der Waals surface area contributed by atoms with Crippen LogP contribution in [-0.4, -0.2) is 15.0 Å². The average Bonchev–Trinajstić information content (AvgIpc) is 3.23. The third-order valence-corrected chi connectivity index (χ3v) is 9.75. The van der Waals surface area contributed by atoms with Crippen LogP contribution in [0.4, 0.5) is 0 Å². The summed E-state index contributed by atoms with van der Waals surface area (Å²) in [6, 6.07) is 59.4. The molecule has 0 N–H and O–H groups in total. The van der Waals surface area contributed by atoms with Gasteiger partial charge in [0, 0.05) is 44.1 Å². The topological polar surface area (TPSA) is 38.7 Å². The molecule has 0 unspecified atom stereocenters. The van der Waals surface area contributed by atoms with Gasteiger partial charge in [-0.05, 0) is 106 Å². The minimum absolute atomic E-state index is 0. The number of rotatable bonds is 5. The summed E-state index contributed by atoms with van der Waals surface area (Å²) in [6.07, 6.45) is 5.61. The normalized spacial score (nSPS) is 10.7. The second kappa shape index (κ2) is 16.3. The Morgan fingerprint density at radius 2 is 1.13 bits per heavy atom. The maximum Gasteiger partial charge on any atom is 0.0714 e. The number of pyridine rings is 3. The second-order valence-electron chi connectivity index (χ2n) is 13.3. The predicted octanol–water partition coefficient (Wildman–Crippen LogP) is 12.7. The summed E-state index contributed by atoms with van der Waals surface area (Å²) >= 11 is 0. The molecule has 0 atom stereocenters. The summed E-state index contributed by atoms with van der Waals surface area (Å²) in [5.41, 5.74) is 15.6. The first-order valence-corrected chi connectivity index (χ1v) is 17.8. The Labute approximate surface area is 330 Å². The molecule has 0 aliphatic heterocycles. The number of benzene rings is 6. The van der Waals surface area contributed by atoms with Crippen LogP contribution >= 0.6 is 0 Å². The predicted molar refractivity (Wildman–Crippen MR) is 220 cm³/mol. The summed E-state index contributed by atoms with van der Waals surface area (Å²) in [6.45, 7) is 6.39. The van der Waals surface area contributed by atoms with Crippen molar-refractivity contribution in [2.45, 2.75) is 20.8 Å². The van der Waals surface area contributed by atoms with Crippen molar-refractivity contribution in [3.8, 4) is 55.9 Å². The summed E-state index contributed by atoms with van der Waals surface area (Å²) in [7, 11) is 0. The molecular formula is C50H37IrN3-2. The number of nitrogens with zero attached hydrogens (tertiary/aromatic N) is 3. The zero-order valence-electron chi connectivity index (χ0n) is 30.3. The Hall–Kier alpha value is -6.06. The maximum atomic E-state index is 4.74. The molecule has 3 aromatic heterocycles. The van der Waals surface area contributed by atoms with Crippen molar-refractivity contribution >= 4 is 21.7 Å². The van der Waals surface area contributed by atoms with E-state index in [4.69, 9.17) is 9.97 Å². The van der Waals surface area contributed by atoms with E-state index in [9.17, 15) is 0 Å². The standard InChI is InChI=1S/C39H29N2.C11H8N.Ir/c1-25-15-16-29(38-18-26(2)27(3)24-41-38)22-36(25)31-19-30(28-10-5-4-6-11-28)20-32(21-31)37-23-39-35(14-9-17-40-39)33-12-7-8-13-34(33)37;1-2-6-10(7-3-1)11-8-4-5-9-12-11;/h4-15,17-24H,1-3H3;1-6,8-9H;/q2*-1;. The van der Waals surface area contributed by atoms with Gasteiger partial charge in [0.2, 0.25) is 0 Å². The summed E-state index contributed by atoms with van der Waals surface area (Å²) < 4.78 is 0. The van der Waals surface area contributed by atoms with Crippen molar-refractivity contribution in [3.05, 3.63) is 199 Å². The first kappa shape index (κ1) is 36.3. The minimum Gasteiger partial charge on any atom is -0.305 e. The molecule has 9 aromatic rings. The van der Waals surface area contributed by atoms with Crippen molar-refractivity contribution < 1.29 is 20.1 Å². The Kier molecular flexibility index (Phi) is 11.0. The Morgan fingerprint density at radius 1 is 0.426 bits per heavy atom. The number of aromatic nitrogens is 3. The molecule has 9 rings (SSSR count). The zero-order chi connectivity index (χ0) is 36.1. The van der Waals surface area contributed by atoms with Gasteiger partial charge in [0.25, 0.3) is 0 Å². The van der Waals surface area contributed by atoms with Gasteiger partial charge in [-0.25, -0.2) is 0 Å². The monoisotopic (exact) mass is 872 g/mol. The summed E-state index contributed by atoms with van der Waals surface area (Å²) in [5.74, 6) is 0. The average molecular weight is 872 g/mol. The van der Waals surface area contributed by atoms with Crippen molar-refractivity contribution in [1.82, 2.24) is 15.0 Å². The molecule has 0 amide bonds. The molecule has 6 aromatic carbocycles. The fourth-order valence-electron chi connectivity index (χ4n) is 6.77. The van der Waals surface area contributed by atoms with E-state index in [1.54, 1.807) is 6.20 Å². The van der Waals surface area contributed by atoms with Crippen LogP contribution in [0, 0.1) is 32.9 Å². The molecule has 1 radical (unpaired) electrons.